The number of hydrogen-bond donors (Lipinski definition) is 0. The number of ether oxygens (including phenoxy) is 2. The second kappa shape index (κ2) is 8.69. The van der Waals surface area contributed by atoms with Crippen LogP contribution in [0.2, 0.25) is 0 Å². The highest BCUT2D eigenvalue weighted by Gasteiger charge is 2.44. The van der Waals surface area contributed by atoms with Gasteiger partial charge in [0.05, 0.1) is 25.5 Å². The van der Waals surface area contributed by atoms with Crippen LogP contribution >= 0.6 is 0 Å². The standard InChI is InChI=1S/C26H30N2O4/c1-16-12-17(2)15-27(14-16)24-23(19-10-11-21(31-4)22(13-19)32-5)25(29)28(26(24)30)20-9-7-6-8-18(20)3/h6-11,13,16-17H,12,14-15H2,1-5H3. The first kappa shape index (κ1) is 21.9. The Morgan fingerprint density at radius 2 is 1.53 bits per heavy atom. The average Bonchev–Trinajstić information content (AvgIpc) is 3.03. The monoisotopic (exact) mass is 434 g/mol. The van der Waals surface area contributed by atoms with Crippen LogP contribution in [0.5, 0.6) is 11.5 Å². The Kier molecular flexibility index (Phi) is 5.96. The van der Waals surface area contributed by atoms with Gasteiger partial charge in [-0.2, -0.15) is 0 Å². The third kappa shape index (κ3) is 3.74. The lowest BCUT2D eigenvalue weighted by atomic mass is 9.91. The molecule has 0 spiro atoms. The SMILES string of the molecule is COc1ccc(C2=C(N3CC(C)CC(C)C3)C(=O)N(c3ccccc3C)C2=O)cc1OC. The lowest BCUT2D eigenvalue weighted by Crippen LogP contribution is -2.42. The quantitative estimate of drug-likeness (QED) is 0.658. The van der Waals surface area contributed by atoms with Gasteiger partial charge in [0, 0.05) is 13.1 Å². The fraction of sp³-hybridized carbons (Fsp3) is 0.385. The first-order valence-electron chi connectivity index (χ1n) is 11.0. The summed E-state index contributed by atoms with van der Waals surface area (Å²) in [7, 11) is 3.13. The summed E-state index contributed by atoms with van der Waals surface area (Å²) >= 11 is 0. The maximum Gasteiger partial charge on any atom is 0.282 e. The maximum atomic E-state index is 13.8. The molecule has 0 N–H and O–H groups in total. The van der Waals surface area contributed by atoms with Crippen LogP contribution in [0.3, 0.4) is 0 Å². The third-order valence-electron chi connectivity index (χ3n) is 6.27. The Balaban J connectivity index is 1.88. The van der Waals surface area contributed by atoms with E-state index < -0.39 is 0 Å². The van der Waals surface area contributed by atoms with E-state index in [0.717, 1.165) is 25.1 Å². The highest BCUT2D eigenvalue weighted by Crippen LogP contribution is 2.40. The van der Waals surface area contributed by atoms with E-state index in [4.69, 9.17) is 9.47 Å². The van der Waals surface area contributed by atoms with E-state index >= 15 is 0 Å². The molecule has 2 aliphatic rings. The molecule has 2 heterocycles. The van der Waals surface area contributed by atoms with E-state index in [0.29, 0.717) is 45.9 Å². The summed E-state index contributed by atoms with van der Waals surface area (Å²) in [5.41, 5.74) is 3.04. The number of methoxy groups -OCH3 is 2. The summed E-state index contributed by atoms with van der Waals surface area (Å²) in [6.45, 7) is 7.79. The fourth-order valence-corrected chi connectivity index (χ4v) is 4.94. The molecular weight excluding hydrogens is 404 g/mol. The van der Waals surface area contributed by atoms with E-state index in [9.17, 15) is 9.59 Å². The van der Waals surface area contributed by atoms with Gasteiger partial charge in [-0.3, -0.25) is 9.59 Å². The van der Waals surface area contributed by atoms with Gasteiger partial charge in [-0.25, -0.2) is 4.90 Å². The Bertz CT molecular complexity index is 1080. The number of carbonyl (C=O) groups is 2. The number of piperidine rings is 1. The van der Waals surface area contributed by atoms with Gasteiger partial charge in [-0.15, -0.1) is 0 Å². The number of aryl methyl sites for hydroxylation is 1. The third-order valence-corrected chi connectivity index (χ3v) is 6.27. The van der Waals surface area contributed by atoms with E-state index in [1.807, 2.05) is 37.3 Å². The number of likely N-dealkylation sites (tertiary alicyclic amines) is 1. The maximum absolute atomic E-state index is 13.8. The van der Waals surface area contributed by atoms with Gasteiger partial charge < -0.3 is 14.4 Å². The summed E-state index contributed by atoms with van der Waals surface area (Å²) < 4.78 is 10.8. The fourth-order valence-electron chi connectivity index (χ4n) is 4.94. The number of amides is 2. The Morgan fingerprint density at radius 3 is 2.16 bits per heavy atom. The molecule has 0 saturated carbocycles. The van der Waals surface area contributed by atoms with Crippen LogP contribution in [0.1, 0.15) is 31.4 Å². The molecule has 0 radical (unpaired) electrons. The van der Waals surface area contributed by atoms with E-state index in [2.05, 4.69) is 18.7 Å². The van der Waals surface area contributed by atoms with E-state index in [1.54, 1.807) is 26.4 Å². The van der Waals surface area contributed by atoms with Crippen molar-refractivity contribution in [2.45, 2.75) is 27.2 Å². The van der Waals surface area contributed by atoms with Crippen molar-refractivity contribution in [1.82, 2.24) is 4.90 Å². The number of imide groups is 1. The van der Waals surface area contributed by atoms with Crippen molar-refractivity contribution in [2.75, 3.05) is 32.2 Å². The van der Waals surface area contributed by atoms with Crippen LogP contribution in [-0.2, 0) is 9.59 Å². The molecule has 0 aliphatic carbocycles. The molecule has 0 bridgehead atoms. The molecule has 1 saturated heterocycles. The summed E-state index contributed by atoms with van der Waals surface area (Å²) in [6.07, 6.45) is 1.11. The largest absolute Gasteiger partial charge is 0.493 e. The average molecular weight is 435 g/mol. The van der Waals surface area contributed by atoms with Crippen molar-refractivity contribution in [1.29, 1.82) is 0 Å². The predicted octanol–water partition coefficient (Wildman–Crippen LogP) is 4.27. The smallest absolute Gasteiger partial charge is 0.282 e. The summed E-state index contributed by atoms with van der Waals surface area (Å²) in [5, 5.41) is 0. The Labute approximate surface area is 189 Å². The van der Waals surface area contributed by atoms with Crippen LogP contribution < -0.4 is 14.4 Å². The Hall–Kier alpha value is -3.28. The lowest BCUT2D eigenvalue weighted by molar-refractivity contribution is -0.120. The molecule has 2 aromatic carbocycles. The molecule has 2 atom stereocenters. The number of para-hydroxylation sites is 1. The second-order valence-corrected chi connectivity index (χ2v) is 8.88. The summed E-state index contributed by atoms with van der Waals surface area (Å²) in [5.74, 6) is 1.40. The van der Waals surface area contributed by atoms with Gasteiger partial charge in [-0.05, 0) is 54.5 Å². The molecule has 168 valence electrons. The van der Waals surface area contributed by atoms with Gasteiger partial charge in [0.25, 0.3) is 11.8 Å². The first-order valence-corrected chi connectivity index (χ1v) is 11.0. The molecule has 1 fully saturated rings. The van der Waals surface area contributed by atoms with Gasteiger partial charge in [0.15, 0.2) is 11.5 Å². The summed E-state index contributed by atoms with van der Waals surface area (Å²) in [6, 6.07) is 12.9. The number of carbonyl (C=O) groups excluding carboxylic acids is 2. The zero-order valence-corrected chi connectivity index (χ0v) is 19.3. The molecular formula is C26H30N2O4. The van der Waals surface area contributed by atoms with Gasteiger partial charge >= 0.3 is 0 Å². The van der Waals surface area contributed by atoms with Crippen molar-refractivity contribution < 1.29 is 19.1 Å². The zero-order valence-electron chi connectivity index (χ0n) is 19.3. The highest BCUT2D eigenvalue weighted by atomic mass is 16.5. The molecule has 32 heavy (non-hydrogen) atoms. The van der Waals surface area contributed by atoms with Crippen LogP contribution in [-0.4, -0.2) is 44.0 Å². The van der Waals surface area contributed by atoms with E-state index in [-0.39, 0.29) is 11.8 Å². The number of rotatable bonds is 5. The minimum absolute atomic E-state index is 0.268. The molecule has 2 unspecified atom stereocenters. The van der Waals surface area contributed by atoms with E-state index in [1.165, 1.54) is 4.90 Å². The number of benzene rings is 2. The van der Waals surface area contributed by atoms with Crippen molar-refractivity contribution in [3.8, 4) is 11.5 Å². The molecule has 0 aromatic heterocycles. The van der Waals surface area contributed by atoms with Gasteiger partial charge in [0.2, 0.25) is 0 Å². The van der Waals surface area contributed by atoms with Crippen LogP contribution in [0.4, 0.5) is 5.69 Å². The van der Waals surface area contributed by atoms with Crippen molar-refractivity contribution in [2.24, 2.45) is 11.8 Å². The topological polar surface area (TPSA) is 59.1 Å². The first-order chi connectivity index (χ1) is 15.3. The molecule has 6 nitrogen and oxygen atoms in total. The van der Waals surface area contributed by atoms with Crippen molar-refractivity contribution in [3.63, 3.8) is 0 Å². The van der Waals surface area contributed by atoms with Crippen LogP contribution in [0.25, 0.3) is 5.57 Å². The van der Waals surface area contributed by atoms with Gasteiger partial charge in [0.1, 0.15) is 5.70 Å². The van der Waals surface area contributed by atoms with Crippen LogP contribution in [0.15, 0.2) is 48.2 Å². The molecule has 2 aromatic rings. The summed E-state index contributed by atoms with van der Waals surface area (Å²) in [4.78, 5) is 31.0. The normalized spacial score (nSPS) is 21.4. The van der Waals surface area contributed by atoms with Crippen LogP contribution in [0, 0.1) is 18.8 Å². The predicted molar refractivity (Wildman–Crippen MR) is 125 cm³/mol. The molecule has 6 heteroatoms. The number of anilines is 1. The Morgan fingerprint density at radius 1 is 0.875 bits per heavy atom. The zero-order chi connectivity index (χ0) is 23.0. The van der Waals surface area contributed by atoms with Crippen molar-refractivity contribution >= 4 is 23.1 Å². The minimum atomic E-state index is -0.308. The lowest BCUT2D eigenvalue weighted by Gasteiger charge is -2.37. The van der Waals surface area contributed by atoms with Crippen molar-refractivity contribution in [3.05, 3.63) is 59.3 Å². The minimum Gasteiger partial charge on any atom is -0.493 e. The molecule has 2 amide bonds. The van der Waals surface area contributed by atoms with Gasteiger partial charge in [-0.1, -0.05) is 38.1 Å². The highest BCUT2D eigenvalue weighted by molar-refractivity contribution is 6.45. The molecule has 4 rings (SSSR count). The molecule has 2 aliphatic heterocycles. The number of hydrogen-bond acceptors (Lipinski definition) is 5. The second-order valence-electron chi connectivity index (χ2n) is 8.88. The number of nitrogens with zero attached hydrogens (tertiary/aromatic N) is 2.